The van der Waals surface area contributed by atoms with Crippen LogP contribution in [0, 0.1) is 0 Å². The molecule has 1 aliphatic rings. The van der Waals surface area contributed by atoms with Gasteiger partial charge >= 0.3 is 0 Å². The zero-order valence-corrected chi connectivity index (χ0v) is 18.2. The van der Waals surface area contributed by atoms with Gasteiger partial charge < -0.3 is 9.30 Å². The van der Waals surface area contributed by atoms with Crippen molar-refractivity contribution in [1.82, 2.24) is 4.57 Å². The first-order chi connectivity index (χ1) is 16.3. The van der Waals surface area contributed by atoms with E-state index < -0.39 is 0 Å². The fourth-order valence-electron chi connectivity index (χ4n) is 4.56. The van der Waals surface area contributed by atoms with Crippen LogP contribution in [0.4, 0.5) is 0 Å². The van der Waals surface area contributed by atoms with Crippen molar-refractivity contribution in [1.29, 1.82) is 0 Å². The summed E-state index contributed by atoms with van der Waals surface area (Å²) in [6.45, 7) is 5.03. The molecule has 0 spiro atoms. The number of rotatable bonds is 3. The van der Waals surface area contributed by atoms with Gasteiger partial charge in [-0.05, 0) is 46.5 Å². The Kier molecular flexibility index (Phi) is 4.70. The van der Waals surface area contributed by atoms with Gasteiger partial charge in [0.2, 0.25) is 0 Å². The summed E-state index contributed by atoms with van der Waals surface area (Å²) in [5, 5.41) is 1.10. The minimum absolute atomic E-state index is 0.757. The number of benzene rings is 4. The predicted octanol–water partition coefficient (Wildman–Crippen LogP) is 8.19. The van der Waals surface area contributed by atoms with Crippen molar-refractivity contribution in [2.45, 2.75) is 6.54 Å². The summed E-state index contributed by atoms with van der Waals surface area (Å²) < 4.78 is 8.95. The van der Waals surface area contributed by atoms with E-state index in [1.54, 1.807) is 0 Å². The summed E-state index contributed by atoms with van der Waals surface area (Å²) in [5.41, 5.74) is 7.81. The molecular formula is C31H23NO. The maximum absolute atomic E-state index is 6.60. The second kappa shape index (κ2) is 7.99. The Morgan fingerprint density at radius 3 is 2.24 bits per heavy atom. The highest BCUT2D eigenvalue weighted by molar-refractivity contribution is 5.96. The normalized spacial score (nSPS) is 13.5. The first kappa shape index (κ1) is 19.4. The van der Waals surface area contributed by atoms with Crippen LogP contribution < -0.4 is 4.74 Å². The summed E-state index contributed by atoms with van der Waals surface area (Å²) in [4.78, 5) is 0. The van der Waals surface area contributed by atoms with Gasteiger partial charge in [0.15, 0.2) is 5.75 Å². The van der Waals surface area contributed by atoms with Crippen molar-refractivity contribution in [2.24, 2.45) is 0 Å². The van der Waals surface area contributed by atoms with Crippen molar-refractivity contribution < 1.29 is 4.74 Å². The molecule has 0 amide bonds. The molecule has 0 fully saturated rings. The molecule has 2 heterocycles. The topological polar surface area (TPSA) is 14.2 Å². The van der Waals surface area contributed by atoms with Crippen LogP contribution in [0.3, 0.4) is 0 Å². The van der Waals surface area contributed by atoms with Crippen molar-refractivity contribution in [3.8, 4) is 22.6 Å². The molecule has 4 aromatic carbocycles. The standard InChI is InChI=1S/C31H23NO/c1-22-16-19-28-31(33-30-15-9-8-14-26(22)30)27-18-17-25(24-12-6-3-7-13-24)20-29(27)32(28)21-23-10-4-2-5-11-23/h2-20H,1,21H2/b19-16-. The van der Waals surface area contributed by atoms with E-state index in [0.717, 1.165) is 45.8 Å². The first-order valence-electron chi connectivity index (χ1n) is 11.2. The molecule has 158 valence electrons. The summed E-state index contributed by atoms with van der Waals surface area (Å²) in [5.74, 6) is 1.72. The zero-order chi connectivity index (χ0) is 22.2. The predicted molar refractivity (Wildman–Crippen MR) is 138 cm³/mol. The Balaban J connectivity index is 1.61. The highest BCUT2D eigenvalue weighted by Gasteiger charge is 2.21. The monoisotopic (exact) mass is 425 g/mol. The lowest BCUT2D eigenvalue weighted by Gasteiger charge is -2.15. The number of para-hydroxylation sites is 1. The fourth-order valence-corrected chi connectivity index (χ4v) is 4.56. The Morgan fingerprint density at radius 1 is 0.697 bits per heavy atom. The number of hydrogen-bond donors (Lipinski definition) is 0. The number of aromatic nitrogens is 1. The van der Waals surface area contributed by atoms with E-state index in [-0.39, 0.29) is 0 Å². The molecule has 2 nitrogen and oxygen atoms in total. The summed E-state index contributed by atoms with van der Waals surface area (Å²) in [7, 11) is 0. The zero-order valence-electron chi connectivity index (χ0n) is 18.2. The van der Waals surface area contributed by atoms with Gasteiger partial charge in [-0.25, -0.2) is 0 Å². The Labute approximate surface area is 193 Å². The van der Waals surface area contributed by atoms with E-state index in [0.29, 0.717) is 0 Å². The Hall–Kier alpha value is -4.30. The van der Waals surface area contributed by atoms with Crippen LogP contribution in [0.5, 0.6) is 11.5 Å². The molecule has 0 atom stereocenters. The molecule has 0 saturated heterocycles. The van der Waals surface area contributed by atoms with E-state index in [2.05, 4.69) is 108 Å². The van der Waals surface area contributed by atoms with E-state index in [1.807, 2.05) is 18.2 Å². The Bertz CT molecular complexity index is 1510. The molecule has 0 radical (unpaired) electrons. The molecular weight excluding hydrogens is 402 g/mol. The maximum atomic E-state index is 6.60. The first-order valence-corrected chi connectivity index (χ1v) is 11.2. The maximum Gasteiger partial charge on any atom is 0.160 e. The fraction of sp³-hybridized carbons (Fsp3) is 0.0323. The second-order valence-electron chi connectivity index (χ2n) is 8.34. The molecule has 0 unspecified atom stereocenters. The van der Waals surface area contributed by atoms with E-state index in [1.165, 1.54) is 16.7 Å². The van der Waals surface area contributed by atoms with Gasteiger partial charge in [-0.3, -0.25) is 0 Å². The minimum atomic E-state index is 0.757. The van der Waals surface area contributed by atoms with Crippen LogP contribution in [0.1, 0.15) is 16.8 Å². The number of ether oxygens (including phenoxy) is 1. The average Bonchev–Trinajstić information content (AvgIpc) is 3.14. The third-order valence-corrected chi connectivity index (χ3v) is 6.23. The Morgan fingerprint density at radius 2 is 1.42 bits per heavy atom. The van der Waals surface area contributed by atoms with Crippen LogP contribution in [0.15, 0.2) is 116 Å². The summed E-state index contributed by atoms with van der Waals surface area (Å²) in [6, 6.07) is 35.8. The van der Waals surface area contributed by atoms with Crippen molar-refractivity contribution in [3.05, 3.63) is 133 Å². The molecule has 6 rings (SSSR count). The van der Waals surface area contributed by atoms with Crippen LogP contribution in [0.25, 0.3) is 33.7 Å². The second-order valence-corrected chi connectivity index (χ2v) is 8.34. The van der Waals surface area contributed by atoms with Gasteiger partial charge in [0, 0.05) is 17.5 Å². The van der Waals surface area contributed by atoms with Gasteiger partial charge in [-0.2, -0.15) is 0 Å². The summed E-state index contributed by atoms with van der Waals surface area (Å²) >= 11 is 0. The number of fused-ring (bicyclic) bond motifs is 4. The number of hydrogen-bond acceptors (Lipinski definition) is 1. The molecule has 0 aliphatic carbocycles. The van der Waals surface area contributed by atoms with Crippen molar-refractivity contribution in [2.75, 3.05) is 0 Å². The molecule has 5 aromatic rings. The molecule has 0 N–H and O–H groups in total. The highest BCUT2D eigenvalue weighted by atomic mass is 16.5. The van der Waals surface area contributed by atoms with Crippen LogP contribution >= 0.6 is 0 Å². The van der Waals surface area contributed by atoms with Crippen molar-refractivity contribution >= 4 is 22.6 Å². The molecule has 2 heteroatoms. The van der Waals surface area contributed by atoms with Gasteiger partial charge in [0.05, 0.1) is 11.2 Å². The highest BCUT2D eigenvalue weighted by Crippen LogP contribution is 2.43. The molecule has 0 bridgehead atoms. The SMILES string of the molecule is C=C1/C=C\c2c(c3ccc(-c4ccccc4)cc3n2Cc2ccccc2)Oc2ccccc21. The number of allylic oxidation sites excluding steroid dienone is 2. The quantitative estimate of drug-likeness (QED) is 0.284. The number of nitrogens with zero attached hydrogens (tertiary/aromatic N) is 1. The lowest BCUT2D eigenvalue weighted by Crippen LogP contribution is -2.03. The molecule has 1 aliphatic heterocycles. The van der Waals surface area contributed by atoms with Gasteiger partial charge in [0.1, 0.15) is 5.75 Å². The smallest absolute Gasteiger partial charge is 0.160 e. The van der Waals surface area contributed by atoms with Crippen LogP contribution in [0.2, 0.25) is 0 Å². The van der Waals surface area contributed by atoms with Crippen molar-refractivity contribution in [3.63, 3.8) is 0 Å². The summed E-state index contributed by atoms with van der Waals surface area (Å²) in [6.07, 6.45) is 4.23. The largest absolute Gasteiger partial charge is 0.454 e. The minimum Gasteiger partial charge on any atom is -0.454 e. The van der Waals surface area contributed by atoms with Gasteiger partial charge in [-0.1, -0.05) is 97.6 Å². The average molecular weight is 426 g/mol. The van der Waals surface area contributed by atoms with Crippen LogP contribution in [-0.2, 0) is 6.54 Å². The van der Waals surface area contributed by atoms with Gasteiger partial charge in [0.25, 0.3) is 0 Å². The molecule has 0 saturated carbocycles. The van der Waals surface area contributed by atoms with E-state index >= 15 is 0 Å². The lowest BCUT2D eigenvalue weighted by molar-refractivity contribution is 0.482. The van der Waals surface area contributed by atoms with E-state index in [9.17, 15) is 0 Å². The van der Waals surface area contributed by atoms with E-state index in [4.69, 9.17) is 4.74 Å². The lowest BCUT2D eigenvalue weighted by atomic mass is 10.0. The molecule has 33 heavy (non-hydrogen) atoms. The van der Waals surface area contributed by atoms with Crippen LogP contribution in [-0.4, -0.2) is 4.57 Å². The third kappa shape index (κ3) is 3.46. The molecule has 1 aromatic heterocycles. The van der Waals surface area contributed by atoms with Gasteiger partial charge in [-0.15, -0.1) is 0 Å². The third-order valence-electron chi connectivity index (χ3n) is 6.23.